The van der Waals surface area contributed by atoms with Crippen molar-refractivity contribution in [3.05, 3.63) is 64.7 Å². The van der Waals surface area contributed by atoms with E-state index in [9.17, 15) is 4.79 Å². The summed E-state index contributed by atoms with van der Waals surface area (Å²) in [6, 6.07) is 14.9. The molecule has 1 aromatic heterocycles. The van der Waals surface area contributed by atoms with Crippen molar-refractivity contribution in [3.8, 4) is 0 Å². The van der Waals surface area contributed by atoms with Crippen LogP contribution in [0.3, 0.4) is 0 Å². The Morgan fingerprint density at radius 3 is 2.87 bits per heavy atom. The molecular formula is C17H13ClN2OS2. The second kappa shape index (κ2) is 7.17. The summed E-state index contributed by atoms with van der Waals surface area (Å²) >= 11 is 9.29. The molecule has 0 aliphatic rings. The quantitative estimate of drug-likeness (QED) is 0.402. The van der Waals surface area contributed by atoms with E-state index in [4.69, 9.17) is 11.6 Å². The maximum Gasteiger partial charge on any atom is 0.271 e. The number of hydrazone groups is 1. The molecule has 2 aromatic carbocycles. The molecule has 0 bridgehead atoms. The van der Waals surface area contributed by atoms with Crippen LogP contribution in [-0.4, -0.2) is 18.4 Å². The van der Waals surface area contributed by atoms with Crippen molar-refractivity contribution in [2.45, 2.75) is 4.21 Å². The molecule has 0 spiro atoms. The molecule has 1 heterocycles. The fourth-order valence-corrected chi connectivity index (χ4v) is 4.25. The largest absolute Gasteiger partial charge is 0.271 e. The number of halogens is 1. The lowest BCUT2D eigenvalue weighted by molar-refractivity contribution is 0.0955. The average Bonchev–Trinajstić information content (AvgIpc) is 2.93. The van der Waals surface area contributed by atoms with Gasteiger partial charge in [-0.05, 0) is 30.5 Å². The molecule has 0 saturated heterocycles. The molecule has 0 radical (unpaired) electrons. The summed E-state index contributed by atoms with van der Waals surface area (Å²) in [6.07, 6.45) is 3.74. The lowest BCUT2D eigenvalue weighted by atomic mass is 10.2. The number of hydrogen-bond donors (Lipinski definition) is 1. The van der Waals surface area contributed by atoms with Gasteiger partial charge in [0.1, 0.15) is 0 Å². The van der Waals surface area contributed by atoms with Gasteiger partial charge in [0.2, 0.25) is 0 Å². The Kier molecular flexibility index (Phi) is 5.00. The van der Waals surface area contributed by atoms with Crippen molar-refractivity contribution in [1.29, 1.82) is 0 Å². The van der Waals surface area contributed by atoms with Crippen LogP contribution in [-0.2, 0) is 0 Å². The fourth-order valence-electron chi connectivity index (χ4n) is 2.17. The Morgan fingerprint density at radius 2 is 2.09 bits per heavy atom. The van der Waals surface area contributed by atoms with Crippen molar-refractivity contribution >= 4 is 56.9 Å². The lowest BCUT2D eigenvalue weighted by Gasteiger charge is -2.00. The standard InChI is InChI=1S/C17H13ClN2OS2/c1-22-17-14(13-7-2-3-8-15(13)23-17)10-19-20-16(21)11-5-4-6-12(18)9-11/h2-10H,1H3,(H,20,21). The van der Waals surface area contributed by atoms with Crippen LogP contribution in [0.2, 0.25) is 5.02 Å². The number of amides is 1. The van der Waals surface area contributed by atoms with Gasteiger partial charge < -0.3 is 0 Å². The number of hydrogen-bond acceptors (Lipinski definition) is 4. The summed E-state index contributed by atoms with van der Waals surface area (Å²) in [5.74, 6) is -0.283. The molecule has 1 N–H and O–H groups in total. The van der Waals surface area contributed by atoms with Crippen LogP contribution in [0, 0.1) is 0 Å². The molecule has 0 unspecified atom stereocenters. The Hall–Kier alpha value is -1.82. The second-order valence-corrected chi connectivity index (χ2v) is 7.28. The van der Waals surface area contributed by atoms with Gasteiger partial charge in [0, 0.05) is 26.2 Å². The van der Waals surface area contributed by atoms with Gasteiger partial charge >= 0.3 is 0 Å². The van der Waals surface area contributed by atoms with Crippen LogP contribution >= 0.6 is 34.7 Å². The van der Waals surface area contributed by atoms with Crippen LogP contribution in [0.1, 0.15) is 15.9 Å². The molecule has 0 atom stereocenters. The van der Waals surface area contributed by atoms with Crippen molar-refractivity contribution in [1.82, 2.24) is 5.43 Å². The molecule has 3 nitrogen and oxygen atoms in total. The summed E-state index contributed by atoms with van der Waals surface area (Å²) in [5, 5.41) is 5.77. The lowest BCUT2D eigenvalue weighted by Crippen LogP contribution is -2.17. The molecule has 3 aromatic rings. The highest BCUT2D eigenvalue weighted by Crippen LogP contribution is 2.35. The molecule has 0 saturated carbocycles. The van der Waals surface area contributed by atoms with E-state index < -0.39 is 0 Å². The maximum atomic E-state index is 12.1. The number of thiophene rings is 1. The molecule has 23 heavy (non-hydrogen) atoms. The minimum atomic E-state index is -0.283. The van der Waals surface area contributed by atoms with E-state index in [-0.39, 0.29) is 5.91 Å². The zero-order valence-electron chi connectivity index (χ0n) is 12.2. The second-order valence-electron chi connectivity index (χ2n) is 4.71. The van der Waals surface area contributed by atoms with E-state index in [0.717, 1.165) is 10.9 Å². The summed E-state index contributed by atoms with van der Waals surface area (Å²) in [5.41, 5.74) is 4.06. The van der Waals surface area contributed by atoms with Crippen LogP contribution < -0.4 is 5.43 Å². The van der Waals surface area contributed by atoms with Gasteiger partial charge in [-0.25, -0.2) is 5.43 Å². The highest BCUT2D eigenvalue weighted by atomic mass is 35.5. The van der Waals surface area contributed by atoms with Crippen LogP contribution in [0.15, 0.2) is 57.8 Å². The van der Waals surface area contributed by atoms with Crippen molar-refractivity contribution < 1.29 is 4.79 Å². The summed E-state index contributed by atoms with van der Waals surface area (Å²) < 4.78 is 2.38. The van der Waals surface area contributed by atoms with Crippen molar-refractivity contribution in [3.63, 3.8) is 0 Å². The first kappa shape index (κ1) is 16.1. The zero-order chi connectivity index (χ0) is 16.2. The Morgan fingerprint density at radius 1 is 1.26 bits per heavy atom. The Bertz CT molecular complexity index is 889. The fraction of sp³-hybridized carbons (Fsp3) is 0.0588. The Balaban J connectivity index is 1.82. The van der Waals surface area contributed by atoms with Crippen molar-refractivity contribution in [2.75, 3.05) is 6.26 Å². The average molecular weight is 361 g/mol. The third-order valence-electron chi connectivity index (χ3n) is 3.23. The molecule has 3 rings (SSSR count). The zero-order valence-corrected chi connectivity index (χ0v) is 14.6. The first-order valence-electron chi connectivity index (χ1n) is 6.83. The highest BCUT2D eigenvalue weighted by Gasteiger charge is 2.09. The van der Waals surface area contributed by atoms with Gasteiger partial charge in [-0.2, -0.15) is 5.10 Å². The minimum absolute atomic E-state index is 0.283. The monoisotopic (exact) mass is 360 g/mol. The number of benzene rings is 2. The molecule has 116 valence electrons. The minimum Gasteiger partial charge on any atom is -0.267 e. The number of rotatable bonds is 4. The third kappa shape index (κ3) is 3.58. The van der Waals surface area contributed by atoms with Gasteiger partial charge in [0.15, 0.2) is 0 Å². The SMILES string of the molecule is CSc1sc2ccccc2c1C=NNC(=O)c1cccc(Cl)c1. The number of fused-ring (bicyclic) bond motifs is 1. The van der Waals surface area contributed by atoms with Crippen molar-refractivity contribution in [2.24, 2.45) is 5.10 Å². The van der Waals surface area contributed by atoms with E-state index >= 15 is 0 Å². The van der Waals surface area contributed by atoms with E-state index in [2.05, 4.69) is 22.7 Å². The highest BCUT2D eigenvalue weighted by molar-refractivity contribution is 8.00. The molecule has 6 heteroatoms. The van der Waals surface area contributed by atoms with E-state index in [1.807, 2.05) is 18.4 Å². The molecule has 0 aliphatic heterocycles. The summed E-state index contributed by atoms with van der Waals surface area (Å²) in [6.45, 7) is 0. The number of thioether (sulfide) groups is 1. The van der Waals surface area contributed by atoms with E-state index in [1.54, 1.807) is 53.6 Å². The molecule has 0 aliphatic carbocycles. The van der Waals surface area contributed by atoms with Crippen LogP contribution in [0.25, 0.3) is 10.1 Å². The topological polar surface area (TPSA) is 41.5 Å². The van der Waals surface area contributed by atoms with E-state index in [1.165, 1.54) is 8.91 Å². The van der Waals surface area contributed by atoms with Gasteiger partial charge in [-0.3, -0.25) is 4.79 Å². The van der Waals surface area contributed by atoms with Gasteiger partial charge in [0.25, 0.3) is 5.91 Å². The number of nitrogens with zero attached hydrogens (tertiary/aromatic N) is 1. The smallest absolute Gasteiger partial charge is 0.267 e. The van der Waals surface area contributed by atoms with Gasteiger partial charge in [-0.1, -0.05) is 35.9 Å². The van der Waals surface area contributed by atoms with Gasteiger partial charge in [-0.15, -0.1) is 23.1 Å². The van der Waals surface area contributed by atoms with Gasteiger partial charge in [0.05, 0.1) is 10.4 Å². The van der Waals surface area contributed by atoms with E-state index in [0.29, 0.717) is 10.6 Å². The number of nitrogens with one attached hydrogen (secondary N) is 1. The third-order valence-corrected chi connectivity index (χ3v) is 5.79. The molecular weight excluding hydrogens is 348 g/mol. The summed E-state index contributed by atoms with van der Waals surface area (Å²) in [4.78, 5) is 12.1. The normalized spacial score (nSPS) is 11.2. The molecule has 1 amide bonds. The summed E-state index contributed by atoms with van der Waals surface area (Å²) in [7, 11) is 0. The predicted octanol–water partition coefficient (Wildman–Crippen LogP) is 5.04. The van der Waals surface area contributed by atoms with Crippen LogP contribution in [0.4, 0.5) is 0 Å². The number of carbonyl (C=O) groups is 1. The Labute approximate surface area is 147 Å². The predicted molar refractivity (Wildman–Crippen MR) is 100 cm³/mol. The number of carbonyl (C=O) groups excluding carboxylic acids is 1. The molecule has 0 fully saturated rings. The first-order chi connectivity index (χ1) is 11.2. The maximum absolute atomic E-state index is 12.1. The first-order valence-corrected chi connectivity index (χ1v) is 9.25. The van der Waals surface area contributed by atoms with Crippen LogP contribution in [0.5, 0.6) is 0 Å².